The fourth-order valence-corrected chi connectivity index (χ4v) is 4.38. The van der Waals surface area contributed by atoms with Crippen molar-refractivity contribution in [2.24, 2.45) is 7.05 Å². The Morgan fingerprint density at radius 1 is 1.04 bits per heavy atom. The SMILES string of the molecule is CC(Sc1nnc(-c2cccs2)n1C)c1nnc(-c2cccs2)o1. The third-order valence-corrected chi connectivity index (χ3v) is 6.22. The highest BCUT2D eigenvalue weighted by atomic mass is 32.2. The fraction of sp³-hybridized carbons (Fsp3) is 0.200. The predicted molar refractivity (Wildman–Crippen MR) is 96.2 cm³/mol. The lowest BCUT2D eigenvalue weighted by atomic mass is 10.4. The number of hydrogen-bond acceptors (Lipinski definition) is 8. The Kier molecular flexibility index (Phi) is 4.21. The highest BCUT2D eigenvalue weighted by Gasteiger charge is 2.20. The highest BCUT2D eigenvalue weighted by Crippen LogP contribution is 2.36. The van der Waals surface area contributed by atoms with Crippen LogP contribution in [0.2, 0.25) is 0 Å². The number of thioether (sulfide) groups is 1. The molecule has 0 saturated heterocycles. The summed E-state index contributed by atoms with van der Waals surface area (Å²) in [6, 6.07) is 7.98. The first kappa shape index (κ1) is 15.6. The molecule has 0 saturated carbocycles. The van der Waals surface area contributed by atoms with Crippen molar-refractivity contribution >= 4 is 34.4 Å². The van der Waals surface area contributed by atoms with Gasteiger partial charge < -0.3 is 8.98 Å². The Balaban J connectivity index is 1.53. The van der Waals surface area contributed by atoms with Crippen molar-refractivity contribution in [2.45, 2.75) is 17.3 Å². The highest BCUT2D eigenvalue weighted by molar-refractivity contribution is 7.99. The second kappa shape index (κ2) is 6.50. The lowest BCUT2D eigenvalue weighted by molar-refractivity contribution is 0.509. The summed E-state index contributed by atoms with van der Waals surface area (Å²) < 4.78 is 7.78. The van der Waals surface area contributed by atoms with Gasteiger partial charge in [-0.3, -0.25) is 0 Å². The molecule has 0 aromatic carbocycles. The second-order valence-electron chi connectivity index (χ2n) is 5.03. The molecule has 0 fully saturated rings. The minimum absolute atomic E-state index is 0.00898. The number of aromatic nitrogens is 5. The van der Waals surface area contributed by atoms with E-state index in [1.54, 1.807) is 34.4 Å². The van der Waals surface area contributed by atoms with Gasteiger partial charge in [0.2, 0.25) is 5.89 Å². The van der Waals surface area contributed by atoms with E-state index in [4.69, 9.17) is 4.42 Å². The van der Waals surface area contributed by atoms with Crippen LogP contribution >= 0.6 is 34.4 Å². The Morgan fingerprint density at radius 3 is 2.50 bits per heavy atom. The molecule has 0 aliphatic carbocycles. The van der Waals surface area contributed by atoms with Gasteiger partial charge in [-0.1, -0.05) is 23.9 Å². The molecule has 1 unspecified atom stereocenters. The van der Waals surface area contributed by atoms with Gasteiger partial charge >= 0.3 is 0 Å². The first-order chi connectivity index (χ1) is 11.7. The lowest BCUT2D eigenvalue weighted by Crippen LogP contribution is -1.96. The molecular formula is C15H13N5OS3. The molecule has 24 heavy (non-hydrogen) atoms. The van der Waals surface area contributed by atoms with Crippen molar-refractivity contribution in [1.82, 2.24) is 25.0 Å². The van der Waals surface area contributed by atoms with E-state index in [0.29, 0.717) is 11.8 Å². The van der Waals surface area contributed by atoms with Gasteiger partial charge in [-0.2, -0.15) is 0 Å². The van der Waals surface area contributed by atoms with Crippen molar-refractivity contribution in [3.63, 3.8) is 0 Å². The molecule has 4 aromatic rings. The third-order valence-electron chi connectivity index (χ3n) is 3.38. The van der Waals surface area contributed by atoms with E-state index in [2.05, 4.69) is 20.4 Å². The molecule has 6 nitrogen and oxygen atoms in total. The Hall–Kier alpha value is -1.97. The summed E-state index contributed by atoms with van der Waals surface area (Å²) in [4.78, 5) is 2.08. The standard InChI is InChI=1S/C15H13N5OS3/c1-9(13-17-18-14(21-13)11-6-4-8-23-11)24-15-19-16-12(20(15)2)10-5-3-7-22-10/h3-9H,1-2H3. The molecule has 0 N–H and O–H groups in total. The van der Waals surface area contributed by atoms with Gasteiger partial charge in [0, 0.05) is 7.05 Å². The minimum Gasteiger partial charge on any atom is -0.419 e. The largest absolute Gasteiger partial charge is 0.419 e. The van der Waals surface area contributed by atoms with Crippen LogP contribution in [-0.2, 0) is 7.05 Å². The van der Waals surface area contributed by atoms with Crippen LogP contribution in [0.5, 0.6) is 0 Å². The molecule has 0 bridgehead atoms. The average Bonchev–Trinajstić information content (AvgIpc) is 3.36. The maximum Gasteiger partial charge on any atom is 0.257 e. The summed E-state index contributed by atoms with van der Waals surface area (Å²) in [6.45, 7) is 2.02. The molecule has 0 aliphatic heterocycles. The molecule has 0 spiro atoms. The first-order valence-corrected chi connectivity index (χ1v) is 9.83. The maximum absolute atomic E-state index is 5.79. The van der Waals surface area contributed by atoms with E-state index >= 15 is 0 Å². The van der Waals surface area contributed by atoms with E-state index in [9.17, 15) is 0 Å². The minimum atomic E-state index is -0.00898. The van der Waals surface area contributed by atoms with Crippen LogP contribution in [-0.4, -0.2) is 25.0 Å². The van der Waals surface area contributed by atoms with E-state index in [-0.39, 0.29) is 5.25 Å². The summed E-state index contributed by atoms with van der Waals surface area (Å²) in [5, 5.41) is 21.7. The number of hydrogen-bond donors (Lipinski definition) is 0. The molecule has 1 atom stereocenters. The van der Waals surface area contributed by atoms with Crippen molar-refractivity contribution in [2.75, 3.05) is 0 Å². The van der Waals surface area contributed by atoms with E-state index in [0.717, 1.165) is 20.7 Å². The van der Waals surface area contributed by atoms with Gasteiger partial charge in [0.15, 0.2) is 11.0 Å². The smallest absolute Gasteiger partial charge is 0.257 e. The number of rotatable bonds is 5. The number of nitrogens with zero attached hydrogens (tertiary/aromatic N) is 5. The molecule has 4 aromatic heterocycles. The van der Waals surface area contributed by atoms with Crippen LogP contribution in [0.15, 0.2) is 44.6 Å². The van der Waals surface area contributed by atoms with Crippen molar-refractivity contribution in [3.8, 4) is 21.5 Å². The first-order valence-electron chi connectivity index (χ1n) is 7.19. The van der Waals surface area contributed by atoms with Crippen molar-refractivity contribution < 1.29 is 4.42 Å². The van der Waals surface area contributed by atoms with Gasteiger partial charge in [-0.05, 0) is 29.8 Å². The molecule has 4 rings (SSSR count). The van der Waals surface area contributed by atoms with Crippen LogP contribution in [0.4, 0.5) is 0 Å². The summed E-state index contributed by atoms with van der Waals surface area (Å²) in [5.41, 5.74) is 0. The van der Waals surface area contributed by atoms with Crippen molar-refractivity contribution in [3.05, 3.63) is 40.9 Å². The summed E-state index contributed by atoms with van der Waals surface area (Å²) in [5.74, 6) is 2.01. The number of thiophene rings is 2. The van der Waals surface area contributed by atoms with Crippen LogP contribution < -0.4 is 0 Å². The Bertz CT molecular complexity index is 927. The lowest BCUT2D eigenvalue weighted by Gasteiger charge is -2.06. The van der Waals surface area contributed by atoms with Gasteiger partial charge in [0.25, 0.3) is 5.89 Å². The molecule has 4 heterocycles. The zero-order valence-corrected chi connectivity index (χ0v) is 15.4. The molecule has 0 amide bonds. The van der Waals surface area contributed by atoms with E-state index in [1.165, 1.54) is 0 Å². The van der Waals surface area contributed by atoms with E-state index < -0.39 is 0 Å². The molecule has 0 aliphatic rings. The topological polar surface area (TPSA) is 69.6 Å². The van der Waals surface area contributed by atoms with Crippen molar-refractivity contribution in [1.29, 1.82) is 0 Å². The van der Waals surface area contributed by atoms with Crippen LogP contribution in [0.25, 0.3) is 21.5 Å². The van der Waals surface area contributed by atoms with Gasteiger partial charge in [0.1, 0.15) is 0 Å². The maximum atomic E-state index is 5.79. The molecule has 0 radical (unpaired) electrons. The quantitative estimate of drug-likeness (QED) is 0.478. The average molecular weight is 376 g/mol. The zero-order valence-electron chi connectivity index (χ0n) is 12.9. The van der Waals surface area contributed by atoms with Crippen LogP contribution in [0.1, 0.15) is 18.1 Å². The van der Waals surface area contributed by atoms with Crippen LogP contribution in [0.3, 0.4) is 0 Å². The molecule has 122 valence electrons. The summed E-state index contributed by atoms with van der Waals surface area (Å²) in [6.07, 6.45) is 0. The van der Waals surface area contributed by atoms with Gasteiger partial charge in [-0.15, -0.1) is 43.1 Å². The zero-order chi connectivity index (χ0) is 16.5. The third kappa shape index (κ3) is 2.90. The predicted octanol–water partition coefficient (Wildman–Crippen LogP) is 4.51. The Labute approximate surface area is 150 Å². The summed E-state index contributed by atoms with van der Waals surface area (Å²) in [7, 11) is 1.97. The van der Waals surface area contributed by atoms with E-state index in [1.807, 2.05) is 53.6 Å². The summed E-state index contributed by atoms with van der Waals surface area (Å²) >= 11 is 4.78. The Morgan fingerprint density at radius 2 is 1.79 bits per heavy atom. The van der Waals surface area contributed by atoms with Gasteiger partial charge in [-0.25, -0.2) is 0 Å². The second-order valence-corrected chi connectivity index (χ2v) is 8.23. The van der Waals surface area contributed by atoms with Gasteiger partial charge in [0.05, 0.1) is 15.0 Å². The fourth-order valence-electron chi connectivity index (χ4n) is 2.15. The van der Waals surface area contributed by atoms with Crippen LogP contribution in [0, 0.1) is 0 Å². The monoisotopic (exact) mass is 375 g/mol. The molecule has 9 heteroatoms. The normalized spacial score (nSPS) is 12.6. The molecular weight excluding hydrogens is 362 g/mol.